The van der Waals surface area contributed by atoms with Crippen LogP contribution in [0.2, 0.25) is 0 Å². The van der Waals surface area contributed by atoms with E-state index in [2.05, 4.69) is 50.5 Å². The Morgan fingerprint density at radius 2 is 1.20 bits per heavy atom. The Morgan fingerprint density at radius 1 is 0.696 bits per heavy atom. The fraction of sp³-hybridized carbons (Fsp3) is 0.333. The molecule has 5 aromatic rings. The van der Waals surface area contributed by atoms with Crippen molar-refractivity contribution in [3.63, 3.8) is 0 Å². The smallest absolute Gasteiger partial charge is 0.298 e. The normalized spacial score (nSPS) is 14.4. The summed E-state index contributed by atoms with van der Waals surface area (Å²) in [7, 11) is -4.97. The van der Waals surface area contributed by atoms with E-state index in [1.54, 1.807) is 53.7 Å². The highest BCUT2D eigenvalue weighted by Gasteiger charge is 2.58. The van der Waals surface area contributed by atoms with E-state index in [-0.39, 0.29) is 0 Å². The summed E-state index contributed by atoms with van der Waals surface area (Å²) in [5.41, 5.74) is -2.95. The van der Waals surface area contributed by atoms with Crippen LogP contribution in [0.5, 0.6) is 0 Å². The van der Waals surface area contributed by atoms with Crippen molar-refractivity contribution in [2.45, 2.75) is 76.8 Å². The predicted molar refractivity (Wildman–Crippen MR) is 182 cm³/mol. The molecular formula is C36H39BrF2N3O3P. The lowest BCUT2D eigenvalue weighted by molar-refractivity contribution is -0.0213. The molecule has 0 aliphatic carbocycles. The van der Waals surface area contributed by atoms with E-state index in [1.807, 2.05) is 59.3 Å². The monoisotopic (exact) mass is 709 g/mol. The number of aromatic nitrogens is 3. The standard InChI is InChI=1S/C36H39BrF2N3O3P/c1-33(2,3)44-46(43,45-34(4,5)6)36(38,39)29-20-16-26(17-21-29)24-35(28-12-8-7-9-13-28,25-27-18-22-30(37)23-19-27)42-32-15-11-10-14-31(32)40-41-42/h7-23H,24-25H2,1-6H3. The Kier molecular flexibility index (Phi) is 9.46. The molecule has 0 fully saturated rings. The minimum absolute atomic E-state index is 0.404. The van der Waals surface area contributed by atoms with Crippen molar-refractivity contribution in [1.82, 2.24) is 15.0 Å². The number of halogens is 3. The largest absolute Gasteiger partial charge is 0.405 e. The Labute approximate surface area is 277 Å². The van der Waals surface area contributed by atoms with Gasteiger partial charge in [0.15, 0.2) is 0 Å². The number of hydrogen-bond acceptors (Lipinski definition) is 5. The third-order valence-corrected chi connectivity index (χ3v) is 10.5. The highest BCUT2D eigenvalue weighted by molar-refractivity contribution is 9.10. The molecule has 46 heavy (non-hydrogen) atoms. The van der Waals surface area contributed by atoms with Crippen LogP contribution in [-0.2, 0) is 37.7 Å². The number of para-hydroxylation sites is 1. The van der Waals surface area contributed by atoms with Crippen LogP contribution in [0.4, 0.5) is 8.78 Å². The quantitative estimate of drug-likeness (QED) is 0.135. The zero-order valence-electron chi connectivity index (χ0n) is 26.9. The van der Waals surface area contributed by atoms with Gasteiger partial charge in [-0.1, -0.05) is 100 Å². The second-order valence-electron chi connectivity index (χ2n) is 13.5. The van der Waals surface area contributed by atoms with Crippen LogP contribution in [0.15, 0.2) is 108 Å². The average Bonchev–Trinajstić information content (AvgIpc) is 3.41. The molecule has 0 bridgehead atoms. The number of nitrogens with zero attached hydrogens (tertiary/aromatic N) is 3. The van der Waals surface area contributed by atoms with Crippen LogP contribution in [0.25, 0.3) is 11.0 Å². The first-order valence-electron chi connectivity index (χ1n) is 15.1. The number of fused-ring (bicyclic) bond motifs is 1. The minimum atomic E-state index is -4.97. The molecular weight excluding hydrogens is 671 g/mol. The van der Waals surface area contributed by atoms with Crippen molar-refractivity contribution < 1.29 is 22.4 Å². The predicted octanol–water partition coefficient (Wildman–Crippen LogP) is 10.3. The van der Waals surface area contributed by atoms with Gasteiger partial charge in [0.25, 0.3) is 0 Å². The van der Waals surface area contributed by atoms with Gasteiger partial charge in [0.1, 0.15) is 5.52 Å². The Balaban J connectivity index is 1.62. The Bertz CT molecular complexity index is 1810. The first-order valence-corrected chi connectivity index (χ1v) is 17.4. The second kappa shape index (κ2) is 12.8. The van der Waals surface area contributed by atoms with Crippen LogP contribution in [0.3, 0.4) is 0 Å². The van der Waals surface area contributed by atoms with Crippen LogP contribution < -0.4 is 0 Å². The molecule has 4 aromatic carbocycles. The van der Waals surface area contributed by atoms with Gasteiger partial charge in [0.2, 0.25) is 0 Å². The highest BCUT2D eigenvalue weighted by atomic mass is 79.9. The van der Waals surface area contributed by atoms with E-state index >= 15 is 8.78 Å². The van der Waals surface area contributed by atoms with Crippen molar-refractivity contribution in [2.24, 2.45) is 0 Å². The van der Waals surface area contributed by atoms with Gasteiger partial charge in [-0.15, -0.1) is 5.10 Å². The van der Waals surface area contributed by atoms with Crippen LogP contribution in [-0.4, -0.2) is 26.2 Å². The molecule has 0 aliphatic rings. The summed E-state index contributed by atoms with van der Waals surface area (Å²) < 4.78 is 60.2. The van der Waals surface area contributed by atoms with Gasteiger partial charge in [-0.3, -0.25) is 13.6 Å². The maximum atomic E-state index is 16.2. The van der Waals surface area contributed by atoms with Gasteiger partial charge in [-0.25, -0.2) is 4.68 Å². The lowest BCUT2D eigenvalue weighted by Gasteiger charge is -2.36. The van der Waals surface area contributed by atoms with Crippen LogP contribution in [0, 0.1) is 0 Å². The van der Waals surface area contributed by atoms with Crippen molar-refractivity contribution in [1.29, 1.82) is 0 Å². The fourth-order valence-electron chi connectivity index (χ4n) is 5.59. The lowest BCUT2D eigenvalue weighted by Crippen LogP contribution is -2.40. The van der Waals surface area contributed by atoms with Crippen molar-refractivity contribution in [3.8, 4) is 0 Å². The Morgan fingerprint density at radius 3 is 1.74 bits per heavy atom. The summed E-state index contributed by atoms with van der Waals surface area (Å²) in [5.74, 6) is 0. The van der Waals surface area contributed by atoms with Crippen LogP contribution in [0.1, 0.15) is 63.8 Å². The molecule has 1 aromatic heterocycles. The van der Waals surface area contributed by atoms with Crippen LogP contribution >= 0.6 is 23.5 Å². The summed E-state index contributed by atoms with van der Waals surface area (Å²) >= 11 is 3.54. The zero-order valence-corrected chi connectivity index (χ0v) is 29.4. The van der Waals surface area contributed by atoms with E-state index in [9.17, 15) is 4.57 Å². The molecule has 10 heteroatoms. The number of benzene rings is 4. The zero-order chi connectivity index (χ0) is 33.4. The van der Waals surface area contributed by atoms with Gasteiger partial charge >= 0.3 is 13.3 Å². The minimum Gasteiger partial charge on any atom is -0.298 e. The van der Waals surface area contributed by atoms with Crippen molar-refractivity contribution in [2.75, 3.05) is 0 Å². The summed E-state index contributed by atoms with van der Waals surface area (Å²) in [5, 5.41) is 9.17. The molecule has 0 N–H and O–H groups in total. The molecule has 6 nitrogen and oxygen atoms in total. The van der Waals surface area contributed by atoms with Gasteiger partial charge < -0.3 is 0 Å². The summed E-state index contributed by atoms with van der Waals surface area (Å²) in [4.78, 5) is 0. The van der Waals surface area contributed by atoms with Gasteiger partial charge in [0.05, 0.1) is 22.3 Å². The fourth-order valence-corrected chi connectivity index (χ4v) is 8.02. The summed E-state index contributed by atoms with van der Waals surface area (Å²) in [6, 6.07) is 31.9. The van der Waals surface area contributed by atoms with E-state index in [0.717, 1.165) is 32.2 Å². The first kappa shape index (κ1) is 34.1. The van der Waals surface area contributed by atoms with Gasteiger partial charge in [0, 0.05) is 22.9 Å². The maximum absolute atomic E-state index is 16.2. The van der Waals surface area contributed by atoms with Gasteiger partial charge in [-0.2, -0.15) is 8.78 Å². The number of hydrogen-bond donors (Lipinski definition) is 0. The highest BCUT2D eigenvalue weighted by Crippen LogP contribution is 2.69. The third-order valence-electron chi connectivity index (χ3n) is 7.41. The molecule has 1 atom stereocenters. The molecule has 0 spiro atoms. The lowest BCUT2D eigenvalue weighted by atomic mass is 9.78. The number of rotatable bonds is 10. The van der Waals surface area contributed by atoms with Crippen molar-refractivity contribution in [3.05, 3.63) is 130 Å². The number of alkyl halides is 2. The molecule has 0 aliphatic heterocycles. The Hall–Kier alpha value is -3.23. The van der Waals surface area contributed by atoms with Crippen molar-refractivity contribution >= 4 is 34.6 Å². The summed E-state index contributed by atoms with van der Waals surface area (Å²) in [6.07, 6.45) is 0.949. The summed E-state index contributed by atoms with van der Waals surface area (Å²) in [6.45, 7) is 9.46. The molecule has 1 unspecified atom stereocenters. The van der Waals surface area contributed by atoms with E-state index in [1.165, 1.54) is 12.1 Å². The third kappa shape index (κ3) is 7.33. The van der Waals surface area contributed by atoms with E-state index < -0.39 is 35.6 Å². The second-order valence-corrected chi connectivity index (χ2v) is 16.3. The van der Waals surface area contributed by atoms with E-state index in [0.29, 0.717) is 12.8 Å². The molecule has 242 valence electrons. The maximum Gasteiger partial charge on any atom is 0.405 e. The average molecular weight is 711 g/mol. The van der Waals surface area contributed by atoms with E-state index in [4.69, 9.17) is 9.05 Å². The topological polar surface area (TPSA) is 66.2 Å². The first-order chi connectivity index (χ1) is 21.5. The SMILES string of the molecule is CC(C)(C)OP(=O)(OC(C)(C)C)C(F)(F)c1ccc(CC(Cc2ccc(Br)cc2)(c2ccccc2)n2nnc3ccccc32)cc1. The molecule has 5 rings (SSSR count). The molecule has 0 saturated carbocycles. The molecule has 0 saturated heterocycles. The molecule has 0 radical (unpaired) electrons. The molecule has 0 amide bonds. The van der Waals surface area contributed by atoms with Gasteiger partial charge in [-0.05, 0) is 82.5 Å². The molecule has 1 heterocycles.